The highest BCUT2D eigenvalue weighted by Gasteiger charge is 2.50. The van der Waals surface area contributed by atoms with Crippen LogP contribution < -0.4 is 5.32 Å². The van der Waals surface area contributed by atoms with Crippen molar-refractivity contribution in [3.05, 3.63) is 77.0 Å². The minimum atomic E-state index is -4.79. The number of amides is 2. The van der Waals surface area contributed by atoms with Crippen LogP contribution in [0.2, 0.25) is 0 Å². The molecule has 1 N–H and O–H groups in total. The van der Waals surface area contributed by atoms with Crippen molar-refractivity contribution in [2.75, 3.05) is 18.5 Å². The molecular formula is C33H30F5N7O3. The van der Waals surface area contributed by atoms with Gasteiger partial charge < -0.3 is 14.8 Å². The SMILES string of the molecule is CC(=O)c1cn(CC(=O)N2C[C@@](F)(CF)C[C@H]2C(=O)Nc2nc(C(F)(F)F)ccc2C)c2c(C)cc(-c3ccc4nc(C)nn4c3)cc12. The van der Waals surface area contributed by atoms with Crippen LogP contribution in [-0.2, 0) is 22.3 Å². The number of aryl methyl sites for hydroxylation is 3. The molecule has 1 aliphatic rings. The summed E-state index contributed by atoms with van der Waals surface area (Å²) < 4.78 is 72.2. The number of hydrogen-bond acceptors (Lipinski definition) is 6. The van der Waals surface area contributed by atoms with Gasteiger partial charge in [-0.2, -0.15) is 18.3 Å². The number of nitrogens with one attached hydrogen (secondary N) is 1. The summed E-state index contributed by atoms with van der Waals surface area (Å²) in [5, 5.41) is 7.19. The fourth-order valence-corrected chi connectivity index (χ4v) is 6.17. The van der Waals surface area contributed by atoms with Gasteiger partial charge in [-0.3, -0.25) is 14.4 Å². The number of nitrogens with zero attached hydrogens (tertiary/aromatic N) is 6. The molecule has 2 amide bonds. The average Bonchev–Trinajstić information content (AvgIpc) is 3.70. The monoisotopic (exact) mass is 667 g/mol. The Labute approximate surface area is 270 Å². The van der Waals surface area contributed by atoms with Crippen LogP contribution in [0.5, 0.6) is 0 Å². The van der Waals surface area contributed by atoms with Crippen LogP contribution in [0, 0.1) is 20.8 Å². The molecule has 15 heteroatoms. The number of hydrogen-bond donors (Lipinski definition) is 1. The molecule has 250 valence electrons. The van der Waals surface area contributed by atoms with Crippen molar-refractivity contribution < 1.29 is 36.3 Å². The Morgan fingerprint density at radius 1 is 1.00 bits per heavy atom. The zero-order chi connectivity index (χ0) is 34.7. The number of Topliss-reactive ketones (excluding diaryl/α,β-unsaturated/α-hetero) is 1. The summed E-state index contributed by atoms with van der Waals surface area (Å²) in [6, 6.07) is 7.73. The van der Waals surface area contributed by atoms with Crippen LogP contribution in [0.25, 0.3) is 27.7 Å². The number of halogens is 5. The second-order valence-electron chi connectivity index (χ2n) is 12.2. The zero-order valence-electron chi connectivity index (χ0n) is 26.3. The fourth-order valence-electron chi connectivity index (χ4n) is 6.17. The first-order valence-electron chi connectivity index (χ1n) is 14.9. The van der Waals surface area contributed by atoms with E-state index < -0.39 is 67.4 Å². The number of benzene rings is 1. The molecule has 0 bridgehead atoms. The van der Waals surface area contributed by atoms with Gasteiger partial charge in [0.2, 0.25) is 11.8 Å². The van der Waals surface area contributed by atoms with Gasteiger partial charge in [0.05, 0.1) is 12.1 Å². The third-order valence-corrected chi connectivity index (χ3v) is 8.50. The van der Waals surface area contributed by atoms with E-state index in [1.165, 1.54) is 24.6 Å². The molecule has 0 radical (unpaired) electrons. The van der Waals surface area contributed by atoms with E-state index in [1.807, 2.05) is 30.5 Å². The summed E-state index contributed by atoms with van der Waals surface area (Å²) in [5.74, 6) is -1.83. The van der Waals surface area contributed by atoms with Gasteiger partial charge in [-0.15, -0.1) is 0 Å². The van der Waals surface area contributed by atoms with Crippen LogP contribution in [0.1, 0.15) is 46.3 Å². The maximum Gasteiger partial charge on any atom is 0.433 e. The van der Waals surface area contributed by atoms with E-state index in [9.17, 15) is 31.9 Å². The minimum Gasteiger partial charge on any atom is -0.337 e. The van der Waals surface area contributed by atoms with Crippen LogP contribution >= 0.6 is 0 Å². The van der Waals surface area contributed by atoms with Crippen LogP contribution in [0.3, 0.4) is 0 Å². The number of alkyl halides is 5. The number of ketones is 1. The number of fused-ring (bicyclic) bond motifs is 2. The Balaban J connectivity index is 1.32. The van der Waals surface area contributed by atoms with Crippen molar-refractivity contribution >= 4 is 40.0 Å². The highest BCUT2D eigenvalue weighted by molar-refractivity contribution is 6.09. The van der Waals surface area contributed by atoms with Crippen LogP contribution in [-0.4, -0.2) is 71.6 Å². The largest absolute Gasteiger partial charge is 0.433 e. The Morgan fingerprint density at radius 2 is 1.75 bits per heavy atom. The van der Waals surface area contributed by atoms with Crippen molar-refractivity contribution in [1.29, 1.82) is 0 Å². The lowest BCUT2D eigenvalue weighted by Gasteiger charge is -2.24. The highest BCUT2D eigenvalue weighted by atomic mass is 19.4. The van der Waals surface area contributed by atoms with Gasteiger partial charge >= 0.3 is 6.18 Å². The summed E-state index contributed by atoms with van der Waals surface area (Å²) in [4.78, 5) is 48.6. The number of carbonyl (C=O) groups excluding carboxylic acids is 3. The number of carbonyl (C=O) groups is 3. The maximum absolute atomic E-state index is 15.4. The molecule has 10 nitrogen and oxygen atoms in total. The van der Waals surface area contributed by atoms with Crippen molar-refractivity contribution in [3.8, 4) is 11.1 Å². The lowest BCUT2D eigenvalue weighted by atomic mass is 9.99. The predicted molar refractivity (Wildman–Crippen MR) is 166 cm³/mol. The topological polar surface area (TPSA) is 114 Å². The Kier molecular flexibility index (Phi) is 8.04. The average molecular weight is 668 g/mol. The number of aromatic nitrogens is 5. The van der Waals surface area contributed by atoms with Gasteiger partial charge in [0.1, 0.15) is 36.6 Å². The number of likely N-dealkylation sites (tertiary alicyclic amines) is 1. The quantitative estimate of drug-likeness (QED) is 0.173. The van der Waals surface area contributed by atoms with Gasteiger partial charge in [-0.1, -0.05) is 6.07 Å². The van der Waals surface area contributed by atoms with Crippen molar-refractivity contribution in [2.24, 2.45) is 0 Å². The summed E-state index contributed by atoms with van der Waals surface area (Å²) in [5.41, 5.74) is 0.240. The Bertz CT molecular complexity index is 2120. The summed E-state index contributed by atoms with van der Waals surface area (Å²) in [6.45, 7) is 3.74. The second kappa shape index (κ2) is 11.8. The predicted octanol–water partition coefficient (Wildman–Crippen LogP) is 5.81. The van der Waals surface area contributed by atoms with E-state index in [1.54, 1.807) is 18.4 Å². The van der Waals surface area contributed by atoms with Crippen molar-refractivity contribution in [3.63, 3.8) is 0 Å². The molecule has 1 fully saturated rings. The van der Waals surface area contributed by atoms with E-state index >= 15 is 4.39 Å². The Hall–Kier alpha value is -5.21. The molecule has 1 aromatic carbocycles. The number of rotatable bonds is 7. The van der Waals surface area contributed by atoms with Gasteiger partial charge in [0.15, 0.2) is 17.1 Å². The second-order valence-corrected chi connectivity index (χ2v) is 12.2. The first kappa shape index (κ1) is 32.7. The molecule has 5 aromatic rings. The summed E-state index contributed by atoms with van der Waals surface area (Å²) >= 11 is 0. The minimum absolute atomic E-state index is 0.200. The molecule has 0 spiro atoms. The van der Waals surface area contributed by atoms with E-state index in [-0.39, 0.29) is 11.3 Å². The van der Waals surface area contributed by atoms with E-state index in [0.717, 1.165) is 28.2 Å². The zero-order valence-corrected chi connectivity index (χ0v) is 26.3. The van der Waals surface area contributed by atoms with Crippen LogP contribution in [0.4, 0.5) is 27.8 Å². The van der Waals surface area contributed by atoms with Gasteiger partial charge in [-0.25, -0.2) is 23.3 Å². The molecule has 2 atom stereocenters. The van der Waals surface area contributed by atoms with Crippen LogP contribution in [0.15, 0.2) is 48.8 Å². The Morgan fingerprint density at radius 3 is 2.44 bits per heavy atom. The highest BCUT2D eigenvalue weighted by Crippen LogP contribution is 2.35. The molecule has 4 aromatic heterocycles. The molecule has 0 aliphatic carbocycles. The normalized spacial score (nSPS) is 18.2. The fraction of sp³-hybridized carbons (Fsp3) is 0.333. The molecule has 1 saturated heterocycles. The lowest BCUT2D eigenvalue weighted by Crippen LogP contribution is -2.45. The van der Waals surface area contributed by atoms with Crippen molar-refractivity contribution in [2.45, 2.75) is 58.5 Å². The smallest absolute Gasteiger partial charge is 0.337 e. The summed E-state index contributed by atoms with van der Waals surface area (Å²) in [6.07, 6.45) is -2.17. The lowest BCUT2D eigenvalue weighted by molar-refractivity contribution is -0.141. The number of pyridine rings is 2. The van der Waals surface area contributed by atoms with E-state index in [4.69, 9.17) is 0 Å². The van der Waals surface area contributed by atoms with Crippen molar-refractivity contribution in [1.82, 2.24) is 29.0 Å². The molecule has 1 aliphatic heterocycles. The van der Waals surface area contributed by atoms with E-state index in [2.05, 4.69) is 20.4 Å². The maximum atomic E-state index is 15.4. The first-order chi connectivity index (χ1) is 22.6. The first-order valence-corrected chi connectivity index (χ1v) is 14.9. The van der Waals surface area contributed by atoms with Gasteiger partial charge in [0, 0.05) is 35.3 Å². The number of anilines is 1. The molecule has 5 heterocycles. The standard InChI is InChI=1S/C33H30F5N7O3/c1-17-5-7-26(33(36,37)38)40-30(17)41-31(48)25-11-32(35,15-34)16-44(25)28(47)14-43-13-24(19(3)46)23-10-22(9-18(2)29(23)43)21-6-8-27-39-20(4)42-45(27)12-21/h5-10,12-13,25H,11,14-16H2,1-4H3,(H,40,41,48)/t25-,32-/m0/s1. The molecule has 6 rings (SSSR count). The molecule has 0 saturated carbocycles. The van der Waals surface area contributed by atoms with E-state index in [0.29, 0.717) is 33.5 Å². The summed E-state index contributed by atoms with van der Waals surface area (Å²) in [7, 11) is 0. The molecule has 0 unspecified atom stereocenters. The molecule has 48 heavy (non-hydrogen) atoms. The third kappa shape index (κ3) is 6.00. The third-order valence-electron chi connectivity index (χ3n) is 8.50. The van der Waals surface area contributed by atoms with Gasteiger partial charge in [0.25, 0.3) is 0 Å². The van der Waals surface area contributed by atoms with Gasteiger partial charge in [-0.05, 0) is 74.7 Å². The molecular weight excluding hydrogens is 637 g/mol.